The van der Waals surface area contributed by atoms with E-state index in [0.29, 0.717) is 5.56 Å². The maximum absolute atomic E-state index is 12.5. The van der Waals surface area contributed by atoms with Crippen LogP contribution >= 0.6 is 11.8 Å². The second-order valence-corrected chi connectivity index (χ2v) is 6.48. The van der Waals surface area contributed by atoms with Crippen LogP contribution in [-0.2, 0) is 22.4 Å². The summed E-state index contributed by atoms with van der Waals surface area (Å²) in [5.74, 6) is -0.0534. The zero-order valence-electron chi connectivity index (χ0n) is 13.1. The zero-order valence-corrected chi connectivity index (χ0v) is 13.9. The van der Waals surface area contributed by atoms with Gasteiger partial charge in [-0.05, 0) is 5.56 Å². The summed E-state index contributed by atoms with van der Waals surface area (Å²) in [7, 11) is 1.43. The predicted octanol–water partition coefficient (Wildman–Crippen LogP) is 3.01. The highest BCUT2D eigenvalue weighted by Crippen LogP contribution is 2.30. The molecule has 1 amide bonds. The Bertz CT molecular complexity index is 744. The van der Waals surface area contributed by atoms with E-state index < -0.39 is 12.1 Å². The zero-order chi connectivity index (χ0) is 18.0. The SMILES string of the molecule is CON(Cc1ccc(-c2noc(C(F)(F)F)n2)cc1)C(=O)C1CSC1. The van der Waals surface area contributed by atoms with E-state index in [9.17, 15) is 18.0 Å². The van der Waals surface area contributed by atoms with Gasteiger partial charge >= 0.3 is 12.1 Å². The number of benzene rings is 1. The number of amides is 1. The molecular formula is C15H14F3N3O3S. The van der Waals surface area contributed by atoms with Crippen LogP contribution in [0, 0.1) is 5.92 Å². The molecule has 1 aromatic carbocycles. The van der Waals surface area contributed by atoms with Gasteiger partial charge in [-0.15, -0.1) is 0 Å². The third kappa shape index (κ3) is 3.96. The van der Waals surface area contributed by atoms with Crippen molar-refractivity contribution in [2.45, 2.75) is 12.7 Å². The van der Waals surface area contributed by atoms with Crippen molar-refractivity contribution in [3.05, 3.63) is 35.7 Å². The van der Waals surface area contributed by atoms with Crippen LogP contribution in [0.1, 0.15) is 11.5 Å². The van der Waals surface area contributed by atoms with Crippen LogP contribution in [0.5, 0.6) is 0 Å². The van der Waals surface area contributed by atoms with Gasteiger partial charge in [0.2, 0.25) is 5.82 Å². The highest BCUT2D eigenvalue weighted by Gasteiger charge is 2.38. The molecule has 1 aliphatic rings. The molecule has 0 unspecified atom stereocenters. The van der Waals surface area contributed by atoms with Gasteiger partial charge in [0.25, 0.3) is 5.91 Å². The standard InChI is InChI=1S/C15H14F3N3O3S/c1-23-21(13(22)11-7-25-8-11)6-9-2-4-10(5-3-9)12-19-14(24-20-12)15(16,17)18/h2-5,11H,6-8H2,1H3. The van der Waals surface area contributed by atoms with Crippen LogP contribution in [-0.4, -0.2) is 39.7 Å². The molecule has 0 aliphatic carbocycles. The molecule has 2 aromatic rings. The Morgan fingerprint density at radius 1 is 1.36 bits per heavy atom. The van der Waals surface area contributed by atoms with Crippen molar-refractivity contribution in [2.24, 2.45) is 5.92 Å². The van der Waals surface area contributed by atoms with E-state index in [4.69, 9.17) is 4.84 Å². The largest absolute Gasteiger partial charge is 0.471 e. The Labute approximate surface area is 145 Å². The third-order valence-corrected chi connectivity index (χ3v) is 4.94. The molecule has 1 saturated heterocycles. The molecule has 3 rings (SSSR count). The smallest absolute Gasteiger partial charge is 0.329 e. The third-order valence-electron chi connectivity index (χ3n) is 3.66. The van der Waals surface area contributed by atoms with Crippen molar-refractivity contribution >= 4 is 17.7 Å². The minimum Gasteiger partial charge on any atom is -0.329 e. The Balaban J connectivity index is 1.69. The van der Waals surface area contributed by atoms with Gasteiger partial charge in [-0.1, -0.05) is 29.4 Å². The van der Waals surface area contributed by atoms with Gasteiger partial charge in [-0.2, -0.15) is 29.9 Å². The van der Waals surface area contributed by atoms with Gasteiger partial charge in [-0.3, -0.25) is 9.63 Å². The molecule has 0 radical (unpaired) electrons. The molecule has 1 aliphatic heterocycles. The van der Waals surface area contributed by atoms with Crippen molar-refractivity contribution in [1.29, 1.82) is 0 Å². The minimum absolute atomic E-state index is 0.0238. The fraction of sp³-hybridized carbons (Fsp3) is 0.400. The topological polar surface area (TPSA) is 68.5 Å². The predicted molar refractivity (Wildman–Crippen MR) is 83.1 cm³/mol. The number of carbonyl (C=O) groups is 1. The lowest BCUT2D eigenvalue weighted by molar-refractivity contribution is -0.182. The summed E-state index contributed by atoms with van der Waals surface area (Å²) in [6.07, 6.45) is -4.68. The molecule has 0 atom stereocenters. The van der Waals surface area contributed by atoms with E-state index in [1.807, 2.05) is 0 Å². The summed E-state index contributed by atoms with van der Waals surface area (Å²) < 4.78 is 41.7. The van der Waals surface area contributed by atoms with Crippen LogP contribution in [0.25, 0.3) is 11.4 Å². The van der Waals surface area contributed by atoms with Crippen LogP contribution in [0.4, 0.5) is 13.2 Å². The first-order valence-corrected chi connectivity index (χ1v) is 8.47. The van der Waals surface area contributed by atoms with Crippen molar-refractivity contribution < 1.29 is 27.3 Å². The second-order valence-electron chi connectivity index (χ2n) is 5.41. The van der Waals surface area contributed by atoms with Gasteiger partial charge in [0.1, 0.15) is 0 Å². The van der Waals surface area contributed by atoms with Crippen LogP contribution in [0.15, 0.2) is 28.8 Å². The number of alkyl halides is 3. The molecule has 6 nitrogen and oxygen atoms in total. The number of hydroxylamine groups is 2. The van der Waals surface area contributed by atoms with E-state index in [2.05, 4.69) is 14.7 Å². The molecule has 0 N–H and O–H groups in total. The molecule has 0 bridgehead atoms. The lowest BCUT2D eigenvalue weighted by atomic mass is 10.1. The van der Waals surface area contributed by atoms with E-state index in [1.165, 1.54) is 12.2 Å². The molecule has 0 saturated carbocycles. The molecule has 2 heterocycles. The average Bonchev–Trinajstić information content (AvgIpc) is 3.01. The first-order chi connectivity index (χ1) is 11.9. The molecule has 1 aromatic heterocycles. The fourth-order valence-electron chi connectivity index (χ4n) is 2.20. The molecule has 1 fully saturated rings. The van der Waals surface area contributed by atoms with Gasteiger partial charge in [0.15, 0.2) is 0 Å². The van der Waals surface area contributed by atoms with E-state index >= 15 is 0 Å². The first-order valence-electron chi connectivity index (χ1n) is 7.32. The first kappa shape index (κ1) is 17.7. The second kappa shape index (κ2) is 7.04. The summed E-state index contributed by atoms with van der Waals surface area (Å²) in [4.78, 5) is 20.7. The maximum atomic E-state index is 12.5. The van der Waals surface area contributed by atoms with Gasteiger partial charge in [0, 0.05) is 17.1 Å². The van der Waals surface area contributed by atoms with Crippen molar-refractivity contribution in [1.82, 2.24) is 15.2 Å². The normalized spacial score (nSPS) is 15.0. The maximum Gasteiger partial charge on any atom is 0.471 e. The van der Waals surface area contributed by atoms with E-state index in [1.54, 1.807) is 36.0 Å². The Morgan fingerprint density at radius 2 is 2.04 bits per heavy atom. The van der Waals surface area contributed by atoms with Crippen molar-refractivity contribution in [3.63, 3.8) is 0 Å². The van der Waals surface area contributed by atoms with E-state index in [-0.39, 0.29) is 24.2 Å². The molecule has 10 heteroatoms. The van der Waals surface area contributed by atoms with Gasteiger partial charge in [0.05, 0.1) is 19.6 Å². The quantitative estimate of drug-likeness (QED) is 0.751. The van der Waals surface area contributed by atoms with Gasteiger partial charge < -0.3 is 4.52 Å². The van der Waals surface area contributed by atoms with Crippen LogP contribution < -0.4 is 0 Å². The number of thioether (sulfide) groups is 1. The Morgan fingerprint density at radius 3 is 2.52 bits per heavy atom. The number of hydrogen-bond acceptors (Lipinski definition) is 6. The summed E-state index contributed by atoms with van der Waals surface area (Å²) in [6, 6.07) is 6.48. The molecule has 134 valence electrons. The number of rotatable bonds is 5. The molecule has 0 spiro atoms. The number of aromatic nitrogens is 2. The Hall–Kier alpha value is -2.07. The molecular weight excluding hydrogens is 359 g/mol. The summed E-state index contributed by atoms with van der Waals surface area (Å²) in [6.45, 7) is 0.247. The summed E-state index contributed by atoms with van der Waals surface area (Å²) >= 11 is 1.70. The number of carbonyl (C=O) groups excluding carboxylic acids is 1. The average molecular weight is 373 g/mol. The Kier molecular flexibility index (Phi) is 5.00. The van der Waals surface area contributed by atoms with Crippen LogP contribution in [0.2, 0.25) is 0 Å². The monoisotopic (exact) mass is 373 g/mol. The summed E-state index contributed by atoms with van der Waals surface area (Å²) in [5, 5.41) is 4.62. The lowest BCUT2D eigenvalue weighted by Crippen LogP contribution is -2.40. The fourth-order valence-corrected chi connectivity index (χ4v) is 2.95. The van der Waals surface area contributed by atoms with E-state index in [0.717, 1.165) is 17.1 Å². The minimum atomic E-state index is -4.68. The highest BCUT2D eigenvalue weighted by atomic mass is 32.2. The highest BCUT2D eigenvalue weighted by molar-refractivity contribution is 8.00. The van der Waals surface area contributed by atoms with Gasteiger partial charge in [-0.25, -0.2) is 5.06 Å². The number of nitrogens with zero attached hydrogens (tertiary/aromatic N) is 3. The molecule has 25 heavy (non-hydrogen) atoms. The number of halogens is 3. The number of hydrogen-bond donors (Lipinski definition) is 0. The van der Waals surface area contributed by atoms with Crippen molar-refractivity contribution in [2.75, 3.05) is 18.6 Å². The van der Waals surface area contributed by atoms with Crippen LogP contribution in [0.3, 0.4) is 0 Å². The summed E-state index contributed by atoms with van der Waals surface area (Å²) in [5.41, 5.74) is 1.15. The van der Waals surface area contributed by atoms with Crippen molar-refractivity contribution in [3.8, 4) is 11.4 Å². The lowest BCUT2D eigenvalue weighted by Gasteiger charge is -2.29.